The maximum atomic E-state index is 13.5. The second-order valence-corrected chi connectivity index (χ2v) is 9.55. The summed E-state index contributed by atoms with van der Waals surface area (Å²) in [4.78, 5) is 13.5. The highest BCUT2D eigenvalue weighted by Crippen LogP contribution is 2.47. The van der Waals surface area contributed by atoms with Gasteiger partial charge in [0.15, 0.2) is 28.8 Å². The second-order valence-electron chi connectivity index (χ2n) is 9.55. The Kier molecular flexibility index (Phi) is 8.11. The fourth-order valence-electron chi connectivity index (χ4n) is 5.15. The number of ether oxygens (including phenoxy) is 5. The van der Waals surface area contributed by atoms with Gasteiger partial charge in [0.2, 0.25) is 0 Å². The lowest BCUT2D eigenvalue weighted by Crippen LogP contribution is -2.16. The molecule has 0 fully saturated rings. The van der Waals surface area contributed by atoms with E-state index in [2.05, 4.69) is 25.1 Å². The maximum absolute atomic E-state index is 13.5. The van der Waals surface area contributed by atoms with Crippen LogP contribution in [0.15, 0.2) is 103 Å². The number of benzene rings is 4. The Balaban J connectivity index is 1.70. The van der Waals surface area contributed by atoms with Crippen LogP contribution in [-0.2, 0) is 0 Å². The van der Waals surface area contributed by atoms with Gasteiger partial charge < -0.3 is 23.7 Å². The highest BCUT2D eigenvalue weighted by atomic mass is 16.5. The molecule has 4 aromatic carbocycles. The molecule has 0 spiro atoms. The van der Waals surface area contributed by atoms with E-state index in [1.54, 1.807) is 52.7 Å². The van der Waals surface area contributed by atoms with E-state index in [0.29, 0.717) is 34.3 Å². The molecule has 1 aliphatic heterocycles. The molecule has 1 heterocycles. The first-order chi connectivity index (χ1) is 20.0. The highest BCUT2D eigenvalue weighted by molar-refractivity contribution is 6.05. The summed E-state index contributed by atoms with van der Waals surface area (Å²) in [5, 5.41) is 0. The Hall–Kier alpha value is -4.97. The van der Waals surface area contributed by atoms with Gasteiger partial charge in [0, 0.05) is 28.2 Å². The first-order valence-electron chi connectivity index (χ1n) is 13.2. The van der Waals surface area contributed by atoms with Crippen LogP contribution in [0, 0.1) is 6.92 Å². The van der Waals surface area contributed by atoms with Crippen LogP contribution in [0.4, 0.5) is 0 Å². The van der Waals surface area contributed by atoms with Crippen molar-refractivity contribution in [3.8, 4) is 28.7 Å². The number of allylic oxidation sites excluding steroid dienone is 3. The molecule has 0 N–H and O–H groups in total. The average Bonchev–Trinajstić information content (AvgIpc) is 3.02. The first kappa shape index (κ1) is 27.6. The molecular weight excluding hydrogens is 516 g/mol. The SMILES string of the molecule is COc1ccc(C(=O)C=CC2=C(c3ccc(OC)c(OC)c3)Oc3ccccc3[C@@H]2c2ccccc2C)cc1OC. The van der Waals surface area contributed by atoms with E-state index < -0.39 is 0 Å². The summed E-state index contributed by atoms with van der Waals surface area (Å²) in [6.45, 7) is 2.10. The summed E-state index contributed by atoms with van der Waals surface area (Å²) >= 11 is 0. The number of aryl methyl sites for hydroxylation is 1. The molecule has 208 valence electrons. The van der Waals surface area contributed by atoms with Crippen molar-refractivity contribution < 1.29 is 28.5 Å². The van der Waals surface area contributed by atoms with Crippen LogP contribution < -0.4 is 23.7 Å². The molecule has 4 aromatic rings. The Labute approximate surface area is 240 Å². The third kappa shape index (κ3) is 5.41. The molecule has 1 aliphatic rings. The third-order valence-electron chi connectivity index (χ3n) is 7.24. The van der Waals surface area contributed by atoms with Crippen molar-refractivity contribution in [2.45, 2.75) is 12.8 Å². The Bertz CT molecular complexity index is 1650. The quantitative estimate of drug-likeness (QED) is 0.160. The van der Waals surface area contributed by atoms with Gasteiger partial charge in [0.25, 0.3) is 0 Å². The van der Waals surface area contributed by atoms with Crippen molar-refractivity contribution >= 4 is 11.5 Å². The van der Waals surface area contributed by atoms with Crippen molar-refractivity contribution in [2.24, 2.45) is 0 Å². The van der Waals surface area contributed by atoms with Crippen LogP contribution in [0.25, 0.3) is 5.76 Å². The molecular formula is C35H32O6. The van der Waals surface area contributed by atoms with Gasteiger partial charge >= 0.3 is 0 Å². The van der Waals surface area contributed by atoms with Gasteiger partial charge in [-0.3, -0.25) is 4.79 Å². The minimum absolute atomic E-state index is 0.174. The van der Waals surface area contributed by atoms with Crippen LogP contribution in [0.3, 0.4) is 0 Å². The van der Waals surface area contributed by atoms with E-state index in [1.165, 1.54) is 0 Å². The number of carbonyl (C=O) groups is 1. The molecule has 0 saturated carbocycles. The van der Waals surface area contributed by atoms with Crippen LogP contribution in [0.1, 0.15) is 38.5 Å². The van der Waals surface area contributed by atoms with E-state index in [1.807, 2.05) is 54.6 Å². The number of methoxy groups -OCH3 is 4. The molecule has 0 aliphatic carbocycles. The van der Waals surface area contributed by atoms with Crippen LogP contribution >= 0.6 is 0 Å². The molecule has 5 rings (SSSR count). The Morgan fingerprint density at radius 2 is 1.32 bits per heavy atom. The number of rotatable bonds is 9. The summed E-state index contributed by atoms with van der Waals surface area (Å²) < 4.78 is 28.4. The summed E-state index contributed by atoms with van der Waals surface area (Å²) in [7, 11) is 6.32. The van der Waals surface area contributed by atoms with E-state index in [9.17, 15) is 4.79 Å². The fraction of sp³-hybridized carbons (Fsp3) is 0.171. The van der Waals surface area contributed by atoms with Crippen LogP contribution in [-0.4, -0.2) is 34.2 Å². The normalized spacial score (nSPS) is 14.3. The van der Waals surface area contributed by atoms with Crippen molar-refractivity contribution in [3.05, 3.63) is 130 Å². The molecule has 6 nitrogen and oxygen atoms in total. The second kappa shape index (κ2) is 12.0. The lowest BCUT2D eigenvalue weighted by atomic mass is 9.79. The van der Waals surface area contributed by atoms with E-state index >= 15 is 0 Å². The monoisotopic (exact) mass is 548 g/mol. The largest absolute Gasteiger partial charge is 0.493 e. The summed E-state index contributed by atoms with van der Waals surface area (Å²) in [6, 6.07) is 27.1. The van der Waals surface area contributed by atoms with E-state index in [-0.39, 0.29) is 11.7 Å². The Morgan fingerprint density at radius 3 is 2.00 bits per heavy atom. The maximum Gasteiger partial charge on any atom is 0.185 e. The molecule has 0 saturated heterocycles. The number of para-hydroxylation sites is 1. The topological polar surface area (TPSA) is 63.2 Å². The molecule has 41 heavy (non-hydrogen) atoms. The predicted octanol–water partition coefficient (Wildman–Crippen LogP) is 7.40. The van der Waals surface area contributed by atoms with Crippen molar-refractivity contribution in [2.75, 3.05) is 28.4 Å². The number of fused-ring (bicyclic) bond motifs is 1. The fourth-order valence-corrected chi connectivity index (χ4v) is 5.15. The number of hydrogen-bond donors (Lipinski definition) is 0. The molecule has 0 unspecified atom stereocenters. The summed E-state index contributed by atoms with van der Waals surface area (Å²) in [6.07, 6.45) is 3.44. The van der Waals surface area contributed by atoms with Gasteiger partial charge in [-0.2, -0.15) is 0 Å². The summed E-state index contributed by atoms with van der Waals surface area (Å²) in [5.41, 5.74) is 5.41. The van der Waals surface area contributed by atoms with Crippen LogP contribution in [0.2, 0.25) is 0 Å². The van der Waals surface area contributed by atoms with Crippen molar-refractivity contribution in [1.82, 2.24) is 0 Å². The smallest absolute Gasteiger partial charge is 0.185 e. The highest BCUT2D eigenvalue weighted by Gasteiger charge is 2.31. The van der Waals surface area contributed by atoms with Gasteiger partial charge in [-0.05, 0) is 66.6 Å². The molecule has 0 bridgehead atoms. The molecule has 6 heteroatoms. The first-order valence-corrected chi connectivity index (χ1v) is 13.2. The number of ketones is 1. The minimum Gasteiger partial charge on any atom is -0.493 e. The zero-order chi connectivity index (χ0) is 28.9. The minimum atomic E-state index is -0.182. The predicted molar refractivity (Wildman–Crippen MR) is 160 cm³/mol. The van der Waals surface area contributed by atoms with Crippen molar-refractivity contribution in [1.29, 1.82) is 0 Å². The molecule has 0 aromatic heterocycles. The molecule has 0 radical (unpaired) electrons. The zero-order valence-corrected chi connectivity index (χ0v) is 23.8. The van der Waals surface area contributed by atoms with Crippen LogP contribution in [0.5, 0.6) is 28.7 Å². The number of hydrogen-bond acceptors (Lipinski definition) is 6. The number of carbonyl (C=O) groups excluding carboxylic acids is 1. The van der Waals surface area contributed by atoms with Gasteiger partial charge in [-0.15, -0.1) is 0 Å². The average molecular weight is 549 g/mol. The molecule has 0 amide bonds. The van der Waals surface area contributed by atoms with Gasteiger partial charge in [0.1, 0.15) is 11.5 Å². The lowest BCUT2D eigenvalue weighted by molar-refractivity contribution is 0.104. The standard InChI is InChI=1S/C35H32O6/c1-22-10-6-7-11-25(22)34-26-12-8-9-13-29(26)41-35(24-15-19-31(38-3)33(21-24)40-5)27(34)16-17-28(36)23-14-18-30(37-2)32(20-23)39-4/h6-21,34H,1-5H3/t34-/m0/s1. The van der Waals surface area contributed by atoms with Gasteiger partial charge in [-0.25, -0.2) is 0 Å². The van der Waals surface area contributed by atoms with E-state index in [0.717, 1.165) is 33.6 Å². The molecule has 1 atom stereocenters. The Morgan fingerprint density at radius 1 is 0.707 bits per heavy atom. The van der Waals surface area contributed by atoms with Gasteiger partial charge in [0.05, 0.1) is 28.4 Å². The summed E-state index contributed by atoms with van der Waals surface area (Å²) in [5.74, 6) is 3.28. The van der Waals surface area contributed by atoms with E-state index in [4.69, 9.17) is 23.7 Å². The lowest BCUT2D eigenvalue weighted by Gasteiger charge is -2.31. The van der Waals surface area contributed by atoms with Gasteiger partial charge in [-0.1, -0.05) is 48.5 Å². The van der Waals surface area contributed by atoms with Crippen molar-refractivity contribution in [3.63, 3.8) is 0 Å². The third-order valence-corrected chi connectivity index (χ3v) is 7.24. The zero-order valence-electron chi connectivity index (χ0n) is 23.8.